The van der Waals surface area contributed by atoms with Crippen LogP contribution in [-0.4, -0.2) is 10.2 Å². The number of rotatable bonds is 2. The highest BCUT2D eigenvalue weighted by Gasteiger charge is 2.03. The summed E-state index contributed by atoms with van der Waals surface area (Å²) in [7, 11) is 0. The van der Waals surface area contributed by atoms with Gasteiger partial charge in [-0.15, -0.1) is 0 Å². The van der Waals surface area contributed by atoms with Crippen molar-refractivity contribution in [3.05, 3.63) is 41.0 Å². The van der Waals surface area contributed by atoms with Crippen molar-refractivity contribution in [2.45, 2.75) is 6.61 Å². The SMILES string of the molecule is O[CH]c1cccc(CO)c1Cl. The summed E-state index contributed by atoms with van der Waals surface area (Å²) in [6.07, 6.45) is 0. The van der Waals surface area contributed by atoms with Gasteiger partial charge in [0.1, 0.15) is 6.61 Å². The van der Waals surface area contributed by atoms with E-state index in [1.165, 1.54) is 0 Å². The summed E-state index contributed by atoms with van der Waals surface area (Å²) in [5, 5.41) is 17.8. The predicted octanol–water partition coefficient (Wildman–Crippen LogP) is 1.71. The predicted molar refractivity (Wildman–Crippen MR) is 42.7 cm³/mol. The van der Waals surface area contributed by atoms with E-state index >= 15 is 0 Å². The first-order chi connectivity index (χ1) is 5.29. The van der Waals surface area contributed by atoms with Gasteiger partial charge in [-0.3, -0.25) is 0 Å². The van der Waals surface area contributed by atoms with E-state index in [4.69, 9.17) is 21.8 Å². The number of halogens is 1. The van der Waals surface area contributed by atoms with Crippen molar-refractivity contribution in [1.29, 1.82) is 0 Å². The fourth-order valence-corrected chi connectivity index (χ4v) is 1.06. The molecule has 59 valence electrons. The molecule has 2 nitrogen and oxygen atoms in total. The maximum absolute atomic E-state index is 8.76. The number of aliphatic hydroxyl groups excluding tert-OH is 2. The van der Waals surface area contributed by atoms with Gasteiger partial charge in [0.05, 0.1) is 11.6 Å². The molecule has 0 fully saturated rings. The smallest absolute Gasteiger partial charge is 0.111 e. The zero-order valence-corrected chi connectivity index (χ0v) is 6.54. The third-order valence-corrected chi connectivity index (χ3v) is 1.88. The average Bonchev–Trinajstić information content (AvgIpc) is 2.05. The third-order valence-electron chi connectivity index (χ3n) is 1.42. The van der Waals surface area contributed by atoms with E-state index in [0.29, 0.717) is 16.1 Å². The fourth-order valence-electron chi connectivity index (χ4n) is 0.821. The van der Waals surface area contributed by atoms with Crippen molar-refractivity contribution in [3.63, 3.8) is 0 Å². The molecule has 1 rings (SSSR count). The topological polar surface area (TPSA) is 40.5 Å². The summed E-state index contributed by atoms with van der Waals surface area (Å²) in [6, 6.07) is 5.09. The number of hydrogen-bond donors (Lipinski definition) is 2. The summed E-state index contributed by atoms with van der Waals surface area (Å²) < 4.78 is 0. The molecule has 0 aliphatic heterocycles. The Morgan fingerprint density at radius 2 is 2.18 bits per heavy atom. The second-order valence-corrected chi connectivity index (χ2v) is 2.49. The van der Waals surface area contributed by atoms with Gasteiger partial charge in [-0.05, 0) is 5.56 Å². The van der Waals surface area contributed by atoms with Crippen molar-refractivity contribution >= 4 is 11.6 Å². The summed E-state index contributed by atoms with van der Waals surface area (Å²) in [5.74, 6) is 0. The van der Waals surface area contributed by atoms with Gasteiger partial charge in [-0.2, -0.15) is 0 Å². The van der Waals surface area contributed by atoms with Crippen LogP contribution >= 0.6 is 11.6 Å². The van der Waals surface area contributed by atoms with E-state index in [9.17, 15) is 0 Å². The Morgan fingerprint density at radius 3 is 2.73 bits per heavy atom. The minimum Gasteiger partial charge on any atom is -0.392 e. The second-order valence-electron chi connectivity index (χ2n) is 2.11. The molecule has 0 saturated carbocycles. The van der Waals surface area contributed by atoms with Gasteiger partial charge in [0.15, 0.2) is 0 Å². The highest BCUT2D eigenvalue weighted by molar-refractivity contribution is 6.32. The first kappa shape index (κ1) is 8.53. The molecule has 0 unspecified atom stereocenters. The van der Waals surface area contributed by atoms with Crippen LogP contribution in [0.5, 0.6) is 0 Å². The van der Waals surface area contributed by atoms with Crippen LogP contribution in [0.25, 0.3) is 0 Å². The lowest BCUT2D eigenvalue weighted by Gasteiger charge is -2.03. The van der Waals surface area contributed by atoms with Crippen molar-refractivity contribution in [3.8, 4) is 0 Å². The van der Waals surface area contributed by atoms with Crippen molar-refractivity contribution < 1.29 is 10.2 Å². The molecule has 1 radical (unpaired) electrons. The molecule has 0 atom stereocenters. The van der Waals surface area contributed by atoms with Crippen molar-refractivity contribution in [2.24, 2.45) is 0 Å². The van der Waals surface area contributed by atoms with E-state index in [0.717, 1.165) is 6.61 Å². The summed E-state index contributed by atoms with van der Waals surface area (Å²) >= 11 is 5.76. The van der Waals surface area contributed by atoms with E-state index in [-0.39, 0.29) is 6.61 Å². The lowest BCUT2D eigenvalue weighted by Crippen LogP contribution is -1.89. The Morgan fingerprint density at radius 1 is 1.45 bits per heavy atom. The van der Waals surface area contributed by atoms with Crippen LogP contribution < -0.4 is 0 Å². The van der Waals surface area contributed by atoms with E-state index in [1.807, 2.05) is 0 Å². The zero-order chi connectivity index (χ0) is 8.27. The third kappa shape index (κ3) is 1.71. The quantitative estimate of drug-likeness (QED) is 0.712. The van der Waals surface area contributed by atoms with Crippen LogP contribution in [0, 0.1) is 6.61 Å². The van der Waals surface area contributed by atoms with Crippen LogP contribution in [0.4, 0.5) is 0 Å². The maximum atomic E-state index is 8.76. The molecule has 0 spiro atoms. The zero-order valence-electron chi connectivity index (χ0n) is 5.79. The summed E-state index contributed by atoms with van der Waals surface area (Å²) in [4.78, 5) is 0. The Kier molecular flexibility index (Phi) is 2.88. The van der Waals surface area contributed by atoms with Crippen molar-refractivity contribution in [1.82, 2.24) is 0 Å². The Labute approximate surface area is 70.1 Å². The molecule has 0 aromatic heterocycles. The molecule has 0 amide bonds. The molecule has 0 heterocycles. The minimum absolute atomic E-state index is 0.111. The van der Waals surface area contributed by atoms with Gasteiger partial charge in [-0.25, -0.2) is 0 Å². The molecule has 0 aliphatic carbocycles. The van der Waals surface area contributed by atoms with Crippen molar-refractivity contribution in [2.75, 3.05) is 0 Å². The first-order valence-corrected chi connectivity index (χ1v) is 3.53. The Bertz CT molecular complexity index is 226. The summed E-state index contributed by atoms with van der Waals surface area (Å²) in [6.45, 7) is 0.808. The molecule has 2 N–H and O–H groups in total. The van der Waals surface area contributed by atoms with Crippen LogP contribution in [0.15, 0.2) is 18.2 Å². The second kappa shape index (κ2) is 3.72. The van der Waals surface area contributed by atoms with Gasteiger partial charge >= 0.3 is 0 Å². The highest BCUT2D eigenvalue weighted by atomic mass is 35.5. The molecule has 0 bridgehead atoms. The minimum atomic E-state index is -0.111. The van der Waals surface area contributed by atoms with Crippen LogP contribution in [-0.2, 0) is 6.61 Å². The van der Waals surface area contributed by atoms with Crippen LogP contribution in [0.2, 0.25) is 5.02 Å². The normalized spacial score (nSPS) is 10.1. The fraction of sp³-hybridized carbons (Fsp3) is 0.125. The summed E-state index contributed by atoms with van der Waals surface area (Å²) in [5.41, 5.74) is 1.15. The van der Waals surface area contributed by atoms with Gasteiger partial charge in [0.2, 0.25) is 0 Å². The monoisotopic (exact) mass is 171 g/mol. The Hall–Kier alpha value is -0.570. The Balaban J connectivity index is 3.10. The molecule has 3 heteroatoms. The molecule has 1 aromatic carbocycles. The molecule has 1 aromatic rings. The lowest BCUT2D eigenvalue weighted by atomic mass is 10.1. The lowest BCUT2D eigenvalue weighted by molar-refractivity contribution is 0.281. The molecule has 0 saturated heterocycles. The van der Waals surface area contributed by atoms with Gasteiger partial charge in [-0.1, -0.05) is 29.8 Å². The van der Waals surface area contributed by atoms with E-state index in [2.05, 4.69) is 0 Å². The number of benzene rings is 1. The van der Waals surface area contributed by atoms with Crippen LogP contribution in [0.3, 0.4) is 0 Å². The first-order valence-electron chi connectivity index (χ1n) is 3.15. The molecular formula is C8H8ClO2. The molecular weight excluding hydrogens is 164 g/mol. The number of aliphatic hydroxyl groups is 2. The van der Waals surface area contributed by atoms with E-state index < -0.39 is 0 Å². The highest BCUT2D eigenvalue weighted by Crippen LogP contribution is 2.21. The van der Waals surface area contributed by atoms with Gasteiger partial charge in [0.25, 0.3) is 0 Å². The van der Waals surface area contributed by atoms with E-state index in [1.54, 1.807) is 18.2 Å². The average molecular weight is 172 g/mol. The largest absolute Gasteiger partial charge is 0.392 e. The number of hydrogen-bond acceptors (Lipinski definition) is 2. The van der Waals surface area contributed by atoms with Crippen LogP contribution in [0.1, 0.15) is 11.1 Å². The van der Waals surface area contributed by atoms with Gasteiger partial charge in [0, 0.05) is 5.56 Å². The molecule has 0 aliphatic rings. The molecule has 11 heavy (non-hydrogen) atoms. The standard InChI is InChI=1S/C8H8ClO2/c9-8-6(4-10)2-1-3-7(8)5-11/h1-4,10-11H,5H2. The maximum Gasteiger partial charge on any atom is 0.111 e. The van der Waals surface area contributed by atoms with Gasteiger partial charge < -0.3 is 10.2 Å².